The largest absolute Gasteiger partial charge is 0.301 e. The topological polar surface area (TPSA) is 18.8 Å². The number of likely N-dealkylation sites (tertiary alicyclic amines) is 1. The molecule has 0 unspecified atom stereocenters. The van der Waals surface area contributed by atoms with Gasteiger partial charge in [-0.25, -0.2) is 8.78 Å². The normalized spacial score (nSPS) is 24.7. The molecule has 1 fully saturated rings. The quantitative estimate of drug-likeness (QED) is 0.814. The van der Waals surface area contributed by atoms with Gasteiger partial charge in [-0.3, -0.25) is 5.01 Å². The van der Waals surface area contributed by atoms with Gasteiger partial charge >= 0.3 is 0 Å². The van der Waals surface area contributed by atoms with Crippen LogP contribution in [0.15, 0.2) is 59.2 Å². The second-order valence-corrected chi connectivity index (χ2v) is 7.08. The molecule has 0 amide bonds. The third-order valence-corrected chi connectivity index (χ3v) is 5.10. The molecule has 0 N–H and O–H groups in total. The summed E-state index contributed by atoms with van der Waals surface area (Å²) in [5.41, 5.74) is 4.25. The van der Waals surface area contributed by atoms with E-state index in [2.05, 4.69) is 18.0 Å². The second-order valence-electron chi connectivity index (χ2n) is 7.08. The Hall–Kier alpha value is -2.53. The van der Waals surface area contributed by atoms with Crippen LogP contribution in [0.4, 0.5) is 8.78 Å². The van der Waals surface area contributed by atoms with E-state index >= 15 is 0 Å². The van der Waals surface area contributed by atoms with Crippen LogP contribution in [0, 0.1) is 17.6 Å². The van der Waals surface area contributed by atoms with Gasteiger partial charge in [-0.15, -0.1) is 0 Å². The molecule has 3 nitrogen and oxygen atoms in total. The Morgan fingerprint density at radius 1 is 0.962 bits per heavy atom. The molecule has 2 aliphatic rings. The monoisotopic (exact) mass is 353 g/mol. The molecule has 0 spiro atoms. The first kappa shape index (κ1) is 16.9. The highest BCUT2D eigenvalue weighted by atomic mass is 19.1. The van der Waals surface area contributed by atoms with Crippen LogP contribution in [-0.2, 0) is 0 Å². The third kappa shape index (κ3) is 3.15. The molecule has 2 aromatic carbocycles. The lowest BCUT2D eigenvalue weighted by Crippen LogP contribution is -2.41. The number of rotatable bonds is 2. The molecule has 5 heteroatoms. The zero-order valence-electron chi connectivity index (χ0n) is 14.9. The molecule has 2 aromatic rings. The van der Waals surface area contributed by atoms with Crippen LogP contribution in [0.25, 0.3) is 6.08 Å². The van der Waals surface area contributed by atoms with Crippen LogP contribution < -0.4 is 0 Å². The summed E-state index contributed by atoms with van der Waals surface area (Å²) in [6.07, 6.45) is 2.09. The molecule has 134 valence electrons. The molecule has 26 heavy (non-hydrogen) atoms. The van der Waals surface area contributed by atoms with Crippen molar-refractivity contribution in [2.24, 2.45) is 11.0 Å². The van der Waals surface area contributed by atoms with Crippen LogP contribution >= 0.6 is 0 Å². The Balaban J connectivity index is 1.68. The lowest BCUT2D eigenvalue weighted by Gasteiger charge is -2.34. The third-order valence-electron chi connectivity index (χ3n) is 5.10. The minimum absolute atomic E-state index is 0.0879. The van der Waals surface area contributed by atoms with Crippen LogP contribution in [-0.4, -0.2) is 42.8 Å². The number of hydrogen-bond donors (Lipinski definition) is 0. The highest BCUT2D eigenvalue weighted by molar-refractivity contribution is 6.07. The maximum absolute atomic E-state index is 13.3. The first-order valence-electron chi connectivity index (χ1n) is 8.73. The summed E-state index contributed by atoms with van der Waals surface area (Å²) in [5, 5.41) is 6.78. The molecule has 0 aromatic heterocycles. The molecular weight excluding hydrogens is 332 g/mol. The number of hydrazone groups is 1. The van der Waals surface area contributed by atoms with Crippen LogP contribution in [0.1, 0.15) is 17.2 Å². The van der Waals surface area contributed by atoms with Crippen LogP contribution in [0.5, 0.6) is 0 Å². The zero-order valence-corrected chi connectivity index (χ0v) is 14.9. The van der Waals surface area contributed by atoms with Crippen molar-refractivity contribution in [3.63, 3.8) is 0 Å². The molecule has 0 radical (unpaired) electrons. The summed E-state index contributed by atoms with van der Waals surface area (Å²) in [4.78, 5) is 2.27. The van der Waals surface area contributed by atoms with Crippen LogP contribution in [0.2, 0.25) is 0 Å². The van der Waals surface area contributed by atoms with Crippen molar-refractivity contribution >= 4 is 11.8 Å². The second kappa shape index (κ2) is 6.65. The number of halogens is 2. The number of fused-ring (bicyclic) bond motifs is 1. The van der Waals surface area contributed by atoms with Crippen molar-refractivity contribution in [1.82, 2.24) is 9.91 Å². The van der Waals surface area contributed by atoms with Crippen molar-refractivity contribution in [1.29, 1.82) is 0 Å². The van der Waals surface area contributed by atoms with Gasteiger partial charge in [0.1, 0.15) is 11.6 Å². The van der Waals surface area contributed by atoms with Gasteiger partial charge < -0.3 is 4.90 Å². The van der Waals surface area contributed by atoms with E-state index in [0.717, 1.165) is 35.5 Å². The van der Waals surface area contributed by atoms with Gasteiger partial charge in [-0.05, 0) is 54.1 Å². The van der Waals surface area contributed by atoms with E-state index in [4.69, 9.17) is 5.10 Å². The van der Waals surface area contributed by atoms with Crippen molar-refractivity contribution < 1.29 is 8.78 Å². The maximum atomic E-state index is 13.3. The Kier molecular flexibility index (Phi) is 4.32. The Morgan fingerprint density at radius 3 is 2.23 bits per heavy atom. The van der Waals surface area contributed by atoms with Gasteiger partial charge in [0.25, 0.3) is 0 Å². The molecule has 4 rings (SSSR count). The molecular formula is C21H21F2N3. The fourth-order valence-corrected chi connectivity index (χ4v) is 3.96. The molecule has 2 heterocycles. The van der Waals surface area contributed by atoms with Gasteiger partial charge in [0, 0.05) is 26.1 Å². The first-order chi connectivity index (χ1) is 12.5. The number of hydrogen-bond acceptors (Lipinski definition) is 3. The molecule has 2 aliphatic heterocycles. The predicted octanol–water partition coefficient (Wildman–Crippen LogP) is 3.95. The summed E-state index contributed by atoms with van der Waals surface area (Å²) in [7, 11) is 4.06. The predicted molar refractivity (Wildman–Crippen MR) is 99.7 cm³/mol. The number of nitrogens with zero attached hydrogens (tertiary/aromatic N) is 3. The first-order valence-corrected chi connectivity index (χ1v) is 8.73. The highest BCUT2D eigenvalue weighted by Crippen LogP contribution is 2.39. The lowest BCUT2D eigenvalue weighted by molar-refractivity contribution is 0.211. The van der Waals surface area contributed by atoms with E-state index in [1.54, 1.807) is 12.1 Å². The Bertz CT molecular complexity index is 856. The molecule has 2 atom stereocenters. The summed E-state index contributed by atoms with van der Waals surface area (Å²) >= 11 is 0. The Labute approximate surface area is 152 Å². The average Bonchev–Trinajstić information content (AvgIpc) is 2.94. The minimum atomic E-state index is -0.236. The number of piperidine rings is 1. The SMILES string of the molecule is CN1C/C(=C/c2ccc(F)cc2)C2=NN(C)[C@H](c3ccc(F)cc3)[C@H]2C1. The van der Waals surface area contributed by atoms with Crippen molar-refractivity contribution in [2.45, 2.75) is 6.04 Å². The highest BCUT2D eigenvalue weighted by Gasteiger charge is 2.41. The van der Waals surface area contributed by atoms with Gasteiger partial charge in [0.05, 0.1) is 11.8 Å². The van der Waals surface area contributed by atoms with E-state index in [-0.39, 0.29) is 23.6 Å². The van der Waals surface area contributed by atoms with E-state index in [1.165, 1.54) is 24.3 Å². The summed E-state index contributed by atoms with van der Waals surface area (Å²) in [6.45, 7) is 1.70. The maximum Gasteiger partial charge on any atom is 0.123 e. The standard InChI is InChI=1S/C21H21F2N3/c1-25-12-16(11-14-3-7-17(22)8-4-14)20-19(13-25)21(26(2)24-20)15-5-9-18(23)10-6-15/h3-11,19,21H,12-13H2,1-2H3/b16-11-/t19-,21+/m0/s1. The van der Waals surface area contributed by atoms with Gasteiger partial charge in [-0.2, -0.15) is 5.10 Å². The van der Waals surface area contributed by atoms with Crippen LogP contribution in [0.3, 0.4) is 0 Å². The fourth-order valence-electron chi connectivity index (χ4n) is 3.96. The molecule has 1 saturated heterocycles. The van der Waals surface area contributed by atoms with Gasteiger partial charge in [0.15, 0.2) is 0 Å². The Morgan fingerprint density at radius 2 is 1.58 bits per heavy atom. The average molecular weight is 353 g/mol. The molecule has 0 aliphatic carbocycles. The fraction of sp³-hybridized carbons (Fsp3) is 0.286. The van der Waals surface area contributed by atoms with E-state index in [1.807, 2.05) is 24.2 Å². The van der Waals surface area contributed by atoms with Gasteiger partial charge in [0.2, 0.25) is 0 Å². The van der Waals surface area contributed by atoms with Crippen molar-refractivity contribution in [3.8, 4) is 0 Å². The molecule has 0 saturated carbocycles. The van der Waals surface area contributed by atoms with Gasteiger partial charge in [-0.1, -0.05) is 24.3 Å². The molecule has 0 bridgehead atoms. The van der Waals surface area contributed by atoms with E-state index in [9.17, 15) is 8.78 Å². The summed E-state index contributed by atoms with van der Waals surface area (Å²) in [6, 6.07) is 13.3. The van der Waals surface area contributed by atoms with E-state index in [0.29, 0.717) is 0 Å². The minimum Gasteiger partial charge on any atom is -0.301 e. The van der Waals surface area contributed by atoms with E-state index < -0.39 is 0 Å². The summed E-state index contributed by atoms with van der Waals surface area (Å²) < 4.78 is 26.5. The zero-order chi connectivity index (χ0) is 18.3. The lowest BCUT2D eigenvalue weighted by atomic mass is 9.83. The number of benzene rings is 2. The van der Waals surface area contributed by atoms with Crippen molar-refractivity contribution in [3.05, 3.63) is 76.9 Å². The summed E-state index contributed by atoms with van der Waals surface area (Å²) in [5.74, 6) is -0.246. The smallest absolute Gasteiger partial charge is 0.123 e. The van der Waals surface area contributed by atoms with Crippen molar-refractivity contribution in [2.75, 3.05) is 27.2 Å². The number of likely N-dealkylation sites (N-methyl/N-ethyl adjacent to an activating group) is 1.